The molecule has 186 valence electrons. The second-order valence-electron chi connectivity index (χ2n) is 8.51. The monoisotopic (exact) mass is 507 g/mol. The molecule has 0 atom stereocenters. The third kappa shape index (κ3) is 4.26. The number of halogens is 1. The van der Waals surface area contributed by atoms with Crippen molar-refractivity contribution in [3.8, 4) is 28.7 Å². The molecule has 38 heavy (non-hydrogen) atoms. The number of nitrogens with zero attached hydrogens (tertiary/aromatic N) is 10. The Morgan fingerprint density at radius 3 is 2.55 bits per heavy atom. The lowest BCUT2D eigenvalue weighted by Gasteiger charge is -2.08. The van der Waals surface area contributed by atoms with Crippen molar-refractivity contribution in [1.82, 2.24) is 43.9 Å². The van der Waals surface area contributed by atoms with Crippen molar-refractivity contribution in [3.05, 3.63) is 90.9 Å². The van der Waals surface area contributed by atoms with E-state index in [4.69, 9.17) is 0 Å². The molecule has 0 aliphatic heterocycles. The lowest BCUT2D eigenvalue weighted by atomic mass is 10.1. The van der Waals surface area contributed by atoms with Crippen molar-refractivity contribution in [1.29, 1.82) is 5.26 Å². The van der Waals surface area contributed by atoms with Crippen LogP contribution >= 0.6 is 0 Å². The standard InChI is InChI=1S/C25H18FN11O/c1-34-12-19(9-29-34)17-5-22(25-18(6-27)8-30-37(25)13-17)35-15-21(11-32-35)33-24(38)4-16-2-3-23(28-7-16)36-14-20(26)10-31-36/h2-3,5,7-15H,4H2,1H3,(H,33,38). The summed E-state index contributed by atoms with van der Waals surface area (Å²) in [6, 6.07) is 7.45. The van der Waals surface area contributed by atoms with Crippen LogP contribution in [0.5, 0.6) is 0 Å². The SMILES string of the molecule is Cn1cc(-c2cc(-n3cc(NC(=O)Cc4ccc(-n5cc(F)cn5)nc4)cn3)c3c(C#N)cnn3c2)cn1. The van der Waals surface area contributed by atoms with Gasteiger partial charge in [-0.15, -0.1) is 0 Å². The molecule has 6 aromatic heterocycles. The van der Waals surface area contributed by atoms with Crippen LogP contribution in [0.1, 0.15) is 11.1 Å². The number of aryl methyl sites for hydroxylation is 1. The lowest BCUT2D eigenvalue weighted by Crippen LogP contribution is -2.14. The smallest absolute Gasteiger partial charge is 0.228 e. The summed E-state index contributed by atoms with van der Waals surface area (Å²) in [4.78, 5) is 16.9. The Labute approximate surface area is 214 Å². The zero-order valence-electron chi connectivity index (χ0n) is 19.9. The minimum Gasteiger partial charge on any atom is -0.323 e. The summed E-state index contributed by atoms with van der Waals surface area (Å²) in [6.07, 6.45) is 14.1. The van der Waals surface area contributed by atoms with Gasteiger partial charge in [-0.1, -0.05) is 6.07 Å². The van der Waals surface area contributed by atoms with E-state index in [0.717, 1.165) is 17.3 Å². The molecule has 0 saturated carbocycles. The summed E-state index contributed by atoms with van der Waals surface area (Å²) < 4.78 is 19.4. The van der Waals surface area contributed by atoms with E-state index in [0.29, 0.717) is 33.8 Å². The van der Waals surface area contributed by atoms with Crippen molar-refractivity contribution in [2.75, 3.05) is 5.32 Å². The molecular weight excluding hydrogens is 489 g/mol. The van der Waals surface area contributed by atoms with E-state index in [-0.39, 0.29) is 12.3 Å². The fourth-order valence-corrected chi connectivity index (χ4v) is 4.08. The molecule has 0 saturated heterocycles. The van der Waals surface area contributed by atoms with Gasteiger partial charge in [0.05, 0.1) is 60.5 Å². The maximum absolute atomic E-state index is 13.2. The number of nitrogens with one attached hydrogen (secondary N) is 1. The van der Waals surface area contributed by atoms with Gasteiger partial charge in [-0.25, -0.2) is 23.3 Å². The van der Waals surface area contributed by atoms with E-state index in [1.807, 2.05) is 25.5 Å². The van der Waals surface area contributed by atoms with Crippen LogP contribution in [-0.2, 0) is 18.3 Å². The minimum absolute atomic E-state index is 0.0773. The van der Waals surface area contributed by atoms with Gasteiger partial charge in [0.25, 0.3) is 0 Å². The molecule has 0 spiro atoms. The highest BCUT2D eigenvalue weighted by Gasteiger charge is 2.16. The van der Waals surface area contributed by atoms with Crippen molar-refractivity contribution in [2.45, 2.75) is 6.42 Å². The Bertz CT molecular complexity index is 1840. The normalized spacial score (nSPS) is 11.1. The number of amides is 1. The number of hydrogen-bond acceptors (Lipinski definition) is 7. The Morgan fingerprint density at radius 1 is 0.974 bits per heavy atom. The largest absolute Gasteiger partial charge is 0.323 e. The number of carbonyl (C=O) groups is 1. The van der Waals surface area contributed by atoms with Crippen LogP contribution < -0.4 is 5.32 Å². The van der Waals surface area contributed by atoms with Gasteiger partial charge in [0.1, 0.15) is 11.6 Å². The average molecular weight is 507 g/mol. The molecule has 1 amide bonds. The van der Waals surface area contributed by atoms with Gasteiger partial charge in [-0.05, 0) is 17.7 Å². The molecule has 0 aromatic carbocycles. The van der Waals surface area contributed by atoms with Crippen molar-refractivity contribution in [2.24, 2.45) is 7.05 Å². The Hall–Kier alpha value is -5.64. The number of anilines is 1. The molecule has 6 rings (SSSR count). The summed E-state index contributed by atoms with van der Waals surface area (Å²) in [6.45, 7) is 0. The van der Waals surface area contributed by atoms with Crippen LogP contribution in [0.2, 0.25) is 0 Å². The third-order valence-corrected chi connectivity index (χ3v) is 5.82. The van der Waals surface area contributed by atoms with E-state index in [9.17, 15) is 14.4 Å². The maximum Gasteiger partial charge on any atom is 0.228 e. The third-order valence-electron chi connectivity index (χ3n) is 5.82. The van der Waals surface area contributed by atoms with Crippen LogP contribution in [0, 0.1) is 17.1 Å². The number of pyridine rings is 2. The number of fused-ring (bicyclic) bond motifs is 1. The van der Waals surface area contributed by atoms with Gasteiger partial charge >= 0.3 is 0 Å². The van der Waals surface area contributed by atoms with Crippen molar-refractivity contribution in [3.63, 3.8) is 0 Å². The highest BCUT2D eigenvalue weighted by atomic mass is 19.1. The van der Waals surface area contributed by atoms with Crippen molar-refractivity contribution >= 4 is 17.1 Å². The van der Waals surface area contributed by atoms with E-state index >= 15 is 0 Å². The number of carbonyl (C=O) groups excluding carboxylic acids is 1. The predicted octanol–water partition coefficient (Wildman–Crippen LogP) is 2.69. The van der Waals surface area contributed by atoms with Crippen LogP contribution in [0.4, 0.5) is 10.1 Å². The summed E-state index contributed by atoms with van der Waals surface area (Å²) in [5, 5.41) is 29.3. The van der Waals surface area contributed by atoms with Crippen molar-refractivity contribution < 1.29 is 9.18 Å². The fourth-order valence-electron chi connectivity index (χ4n) is 4.08. The zero-order valence-corrected chi connectivity index (χ0v) is 19.9. The highest BCUT2D eigenvalue weighted by Crippen LogP contribution is 2.27. The highest BCUT2D eigenvalue weighted by molar-refractivity contribution is 5.92. The fraction of sp³-hybridized carbons (Fsp3) is 0.0800. The van der Waals surface area contributed by atoms with Gasteiger partial charge < -0.3 is 5.32 Å². The Balaban J connectivity index is 1.24. The number of hydrogen-bond donors (Lipinski definition) is 1. The number of aromatic nitrogens is 9. The van der Waals surface area contributed by atoms with Gasteiger partial charge in [-0.2, -0.15) is 25.7 Å². The molecule has 6 heterocycles. The molecule has 0 radical (unpaired) electrons. The molecule has 13 heteroatoms. The van der Waals surface area contributed by atoms with E-state index in [1.165, 1.54) is 23.3 Å². The molecule has 1 N–H and O–H groups in total. The lowest BCUT2D eigenvalue weighted by molar-refractivity contribution is -0.115. The van der Waals surface area contributed by atoms with Crippen LogP contribution in [-0.4, -0.2) is 49.8 Å². The number of nitriles is 1. The summed E-state index contributed by atoms with van der Waals surface area (Å²) in [7, 11) is 1.83. The molecule has 0 aliphatic rings. The molecular formula is C25H18FN11O. The van der Waals surface area contributed by atoms with Gasteiger partial charge in [0.15, 0.2) is 11.6 Å². The first-order valence-corrected chi connectivity index (χ1v) is 11.4. The molecule has 12 nitrogen and oxygen atoms in total. The van der Waals surface area contributed by atoms with E-state index < -0.39 is 5.82 Å². The zero-order chi connectivity index (χ0) is 26.2. The number of rotatable bonds is 6. The van der Waals surface area contributed by atoms with Crippen LogP contribution in [0.25, 0.3) is 28.1 Å². The Morgan fingerprint density at radius 2 is 1.84 bits per heavy atom. The molecule has 0 unspecified atom stereocenters. The quantitative estimate of drug-likeness (QED) is 0.366. The second kappa shape index (κ2) is 9.10. The second-order valence-corrected chi connectivity index (χ2v) is 8.51. The molecule has 0 aliphatic carbocycles. The molecule has 0 fully saturated rings. The topological polar surface area (TPSA) is 137 Å². The van der Waals surface area contributed by atoms with Crippen LogP contribution in [0.3, 0.4) is 0 Å². The van der Waals surface area contributed by atoms with Gasteiger partial charge in [-0.3, -0.25) is 9.48 Å². The summed E-state index contributed by atoms with van der Waals surface area (Å²) in [5.74, 6) is -0.284. The first kappa shape index (κ1) is 22.8. The Kier molecular flexibility index (Phi) is 5.46. The summed E-state index contributed by atoms with van der Waals surface area (Å²) in [5.41, 5.74) is 4.48. The van der Waals surface area contributed by atoms with Crippen LogP contribution in [0.15, 0.2) is 74.0 Å². The molecule has 6 aromatic rings. The minimum atomic E-state index is -0.461. The maximum atomic E-state index is 13.2. The first-order chi connectivity index (χ1) is 18.5. The van der Waals surface area contributed by atoms with E-state index in [1.54, 1.807) is 44.6 Å². The average Bonchev–Trinajstić information content (AvgIpc) is 3.71. The first-order valence-electron chi connectivity index (χ1n) is 11.4. The predicted molar refractivity (Wildman–Crippen MR) is 133 cm³/mol. The van der Waals surface area contributed by atoms with E-state index in [2.05, 4.69) is 36.8 Å². The van der Waals surface area contributed by atoms with Gasteiger partial charge in [0.2, 0.25) is 5.91 Å². The summed E-state index contributed by atoms with van der Waals surface area (Å²) >= 11 is 0. The molecule has 0 bridgehead atoms. The van der Waals surface area contributed by atoms with Gasteiger partial charge in [0, 0.05) is 36.8 Å².